The summed E-state index contributed by atoms with van der Waals surface area (Å²) in [5.41, 5.74) is 2.11. The van der Waals surface area contributed by atoms with Gasteiger partial charge in [0, 0.05) is 18.2 Å². The molecule has 0 aliphatic carbocycles. The highest BCUT2D eigenvalue weighted by atomic mass is 19.1. The van der Waals surface area contributed by atoms with Gasteiger partial charge in [0.2, 0.25) is 0 Å². The number of likely N-dealkylation sites (tertiary alicyclic amines) is 1. The first kappa shape index (κ1) is 17.1. The maximum Gasteiger partial charge on any atom is 0.305 e. The number of hydrogen-bond donors (Lipinski definition) is 1. The molecule has 2 aromatic carbocycles. The van der Waals surface area contributed by atoms with E-state index in [-0.39, 0.29) is 24.2 Å². The summed E-state index contributed by atoms with van der Waals surface area (Å²) in [6.07, 6.45) is 2.54. The van der Waals surface area contributed by atoms with E-state index in [1.54, 1.807) is 35.2 Å². The van der Waals surface area contributed by atoms with Gasteiger partial charge in [-0.3, -0.25) is 9.59 Å². The molecule has 0 bridgehead atoms. The van der Waals surface area contributed by atoms with E-state index < -0.39 is 5.97 Å². The van der Waals surface area contributed by atoms with E-state index >= 15 is 0 Å². The van der Waals surface area contributed by atoms with Gasteiger partial charge in [-0.1, -0.05) is 24.3 Å². The van der Waals surface area contributed by atoms with Crippen LogP contribution in [0.5, 0.6) is 0 Å². The second kappa shape index (κ2) is 7.47. The molecule has 4 nitrogen and oxygen atoms in total. The summed E-state index contributed by atoms with van der Waals surface area (Å²) in [6, 6.07) is 13.1. The van der Waals surface area contributed by atoms with E-state index in [0.717, 1.165) is 30.4 Å². The number of carbonyl (C=O) groups is 2. The van der Waals surface area contributed by atoms with Gasteiger partial charge < -0.3 is 10.0 Å². The van der Waals surface area contributed by atoms with Crippen molar-refractivity contribution >= 4 is 11.9 Å². The number of carboxylic acid groups (broad SMARTS) is 1. The lowest BCUT2D eigenvalue weighted by molar-refractivity contribution is -0.138. The summed E-state index contributed by atoms with van der Waals surface area (Å²) in [5.74, 6) is -1.33. The minimum Gasteiger partial charge on any atom is -0.481 e. The van der Waals surface area contributed by atoms with Gasteiger partial charge in [-0.15, -0.1) is 0 Å². The predicted molar refractivity (Wildman–Crippen MR) is 92.8 cm³/mol. The fraction of sp³-hybridized carbons (Fsp3) is 0.300. The second-order valence-electron chi connectivity index (χ2n) is 6.33. The maximum absolute atomic E-state index is 13.3. The van der Waals surface area contributed by atoms with Gasteiger partial charge in [0.15, 0.2) is 0 Å². The smallest absolute Gasteiger partial charge is 0.305 e. The molecule has 25 heavy (non-hydrogen) atoms. The molecule has 0 unspecified atom stereocenters. The minimum atomic E-state index is -0.883. The lowest BCUT2D eigenvalue weighted by atomic mass is 9.97. The van der Waals surface area contributed by atoms with Gasteiger partial charge in [-0.2, -0.15) is 0 Å². The Labute approximate surface area is 145 Å². The Morgan fingerprint density at radius 2 is 1.84 bits per heavy atom. The molecule has 1 N–H and O–H groups in total. The molecule has 3 rings (SSSR count). The standard InChI is InChI=1S/C20H20FNO3/c21-17-5-3-4-16(12-17)14-7-9-15(10-8-14)20(25)22-11-2-1-6-18(22)13-19(23)24/h3-5,7-10,12,18H,1-2,6,11,13H2,(H,23,24)/t18-/m1/s1. The number of hydrogen-bond acceptors (Lipinski definition) is 2. The Morgan fingerprint density at radius 3 is 2.52 bits per heavy atom. The van der Waals surface area contributed by atoms with Crippen molar-refractivity contribution in [2.24, 2.45) is 0 Å². The second-order valence-corrected chi connectivity index (χ2v) is 6.33. The number of nitrogens with zero attached hydrogens (tertiary/aromatic N) is 1. The average Bonchev–Trinajstić information content (AvgIpc) is 2.61. The molecule has 0 spiro atoms. The van der Waals surface area contributed by atoms with Gasteiger partial charge >= 0.3 is 5.97 Å². The number of aliphatic carboxylic acids is 1. The molecule has 1 fully saturated rings. The third-order valence-corrected chi connectivity index (χ3v) is 4.59. The molecule has 1 aliphatic rings. The highest BCUT2D eigenvalue weighted by Crippen LogP contribution is 2.24. The van der Waals surface area contributed by atoms with E-state index in [4.69, 9.17) is 5.11 Å². The summed E-state index contributed by atoms with van der Waals surface area (Å²) in [7, 11) is 0. The van der Waals surface area contributed by atoms with Crippen molar-refractivity contribution < 1.29 is 19.1 Å². The highest BCUT2D eigenvalue weighted by molar-refractivity contribution is 5.95. The number of piperidine rings is 1. The molecule has 1 aliphatic heterocycles. The molecule has 0 radical (unpaired) electrons. The van der Waals surface area contributed by atoms with Crippen LogP contribution in [0.25, 0.3) is 11.1 Å². The summed E-state index contributed by atoms with van der Waals surface area (Å²) < 4.78 is 13.3. The Hall–Kier alpha value is -2.69. The van der Waals surface area contributed by atoms with Gasteiger partial charge in [0.05, 0.1) is 6.42 Å². The van der Waals surface area contributed by atoms with Crippen molar-refractivity contribution in [1.29, 1.82) is 0 Å². The number of carboxylic acids is 1. The molecule has 1 atom stereocenters. The van der Waals surface area contributed by atoms with Crippen molar-refractivity contribution in [2.45, 2.75) is 31.7 Å². The third kappa shape index (κ3) is 4.05. The van der Waals surface area contributed by atoms with E-state index in [1.807, 2.05) is 6.07 Å². The first-order valence-electron chi connectivity index (χ1n) is 8.43. The van der Waals surface area contributed by atoms with E-state index in [1.165, 1.54) is 12.1 Å². The van der Waals surface area contributed by atoms with Crippen LogP contribution >= 0.6 is 0 Å². The zero-order valence-corrected chi connectivity index (χ0v) is 13.8. The number of carbonyl (C=O) groups excluding carboxylic acids is 1. The average molecular weight is 341 g/mol. The Morgan fingerprint density at radius 1 is 1.08 bits per heavy atom. The first-order valence-corrected chi connectivity index (χ1v) is 8.43. The van der Waals surface area contributed by atoms with Gasteiger partial charge in [0.25, 0.3) is 5.91 Å². The fourth-order valence-electron chi connectivity index (χ4n) is 3.32. The zero-order valence-electron chi connectivity index (χ0n) is 13.8. The molecular formula is C20H20FNO3. The molecule has 1 saturated heterocycles. The Bertz CT molecular complexity index is 773. The summed E-state index contributed by atoms with van der Waals surface area (Å²) in [5, 5.41) is 9.05. The highest BCUT2D eigenvalue weighted by Gasteiger charge is 2.29. The Balaban J connectivity index is 1.79. The largest absolute Gasteiger partial charge is 0.481 e. The fourth-order valence-corrected chi connectivity index (χ4v) is 3.32. The lowest BCUT2D eigenvalue weighted by Gasteiger charge is -2.35. The van der Waals surface area contributed by atoms with Crippen LogP contribution in [-0.4, -0.2) is 34.5 Å². The van der Waals surface area contributed by atoms with E-state index in [0.29, 0.717) is 12.1 Å². The predicted octanol–water partition coefficient (Wildman–Crippen LogP) is 3.96. The zero-order chi connectivity index (χ0) is 17.8. The van der Waals surface area contributed by atoms with Crippen LogP contribution in [0, 0.1) is 5.82 Å². The summed E-state index contributed by atoms with van der Waals surface area (Å²) >= 11 is 0. The molecule has 0 aromatic heterocycles. The van der Waals surface area contributed by atoms with Crippen molar-refractivity contribution in [3.8, 4) is 11.1 Å². The van der Waals surface area contributed by atoms with Crippen LogP contribution in [0.1, 0.15) is 36.0 Å². The molecule has 5 heteroatoms. The van der Waals surface area contributed by atoms with E-state index in [2.05, 4.69) is 0 Å². The SMILES string of the molecule is O=C(O)C[C@H]1CCCCN1C(=O)c1ccc(-c2cccc(F)c2)cc1. The number of amides is 1. The van der Waals surface area contributed by atoms with Gasteiger partial charge in [0.1, 0.15) is 5.82 Å². The monoisotopic (exact) mass is 341 g/mol. The lowest BCUT2D eigenvalue weighted by Crippen LogP contribution is -2.44. The molecule has 2 aromatic rings. The van der Waals surface area contributed by atoms with Crippen LogP contribution in [0.15, 0.2) is 48.5 Å². The molecular weight excluding hydrogens is 321 g/mol. The van der Waals surface area contributed by atoms with Gasteiger partial charge in [-0.25, -0.2) is 4.39 Å². The van der Waals surface area contributed by atoms with Crippen molar-refractivity contribution in [2.75, 3.05) is 6.54 Å². The molecule has 1 heterocycles. The number of halogens is 1. The summed E-state index contributed by atoms with van der Waals surface area (Å²) in [4.78, 5) is 25.5. The molecule has 130 valence electrons. The van der Waals surface area contributed by atoms with Gasteiger partial charge in [-0.05, 0) is 54.7 Å². The van der Waals surface area contributed by atoms with Crippen molar-refractivity contribution in [3.63, 3.8) is 0 Å². The van der Waals surface area contributed by atoms with Crippen LogP contribution < -0.4 is 0 Å². The van der Waals surface area contributed by atoms with Crippen molar-refractivity contribution in [1.82, 2.24) is 4.90 Å². The molecule has 0 saturated carbocycles. The normalized spacial score (nSPS) is 17.3. The topological polar surface area (TPSA) is 57.6 Å². The Kier molecular flexibility index (Phi) is 5.12. The molecule has 1 amide bonds. The van der Waals surface area contributed by atoms with Crippen LogP contribution in [0.3, 0.4) is 0 Å². The van der Waals surface area contributed by atoms with Crippen molar-refractivity contribution in [3.05, 3.63) is 59.9 Å². The van der Waals surface area contributed by atoms with Crippen LogP contribution in [0.4, 0.5) is 4.39 Å². The third-order valence-electron chi connectivity index (χ3n) is 4.59. The van der Waals surface area contributed by atoms with Crippen LogP contribution in [0.2, 0.25) is 0 Å². The minimum absolute atomic E-state index is 0.0207. The van der Waals surface area contributed by atoms with Crippen LogP contribution in [-0.2, 0) is 4.79 Å². The number of benzene rings is 2. The first-order chi connectivity index (χ1) is 12.0. The summed E-state index contributed by atoms with van der Waals surface area (Å²) in [6.45, 7) is 0.586. The quantitative estimate of drug-likeness (QED) is 0.916. The van der Waals surface area contributed by atoms with E-state index in [9.17, 15) is 14.0 Å². The maximum atomic E-state index is 13.3. The number of rotatable bonds is 4.